The average Bonchev–Trinajstić information content (AvgIpc) is 2.88. The number of esters is 1. The molecule has 2 atom stereocenters. The van der Waals surface area contributed by atoms with Crippen molar-refractivity contribution in [3.8, 4) is 5.75 Å². The minimum absolute atomic E-state index is 0.0763. The number of aliphatic hydroxyl groups is 1. The van der Waals surface area contributed by atoms with Crippen molar-refractivity contribution in [3.63, 3.8) is 0 Å². The van der Waals surface area contributed by atoms with E-state index in [1.165, 1.54) is 32.4 Å². The molecule has 0 heterocycles. The van der Waals surface area contributed by atoms with Crippen molar-refractivity contribution in [1.82, 2.24) is 4.90 Å². The van der Waals surface area contributed by atoms with Crippen LogP contribution in [0.3, 0.4) is 0 Å². The minimum Gasteiger partial charge on any atom is -0.494 e. The van der Waals surface area contributed by atoms with Crippen molar-refractivity contribution in [2.24, 2.45) is 0 Å². The Bertz CT molecular complexity index is 884. The van der Waals surface area contributed by atoms with Crippen LogP contribution in [0.25, 0.3) is 0 Å². The Morgan fingerprint density at radius 1 is 1.11 bits per heavy atom. The van der Waals surface area contributed by atoms with Gasteiger partial charge in [-0.1, -0.05) is 51.9 Å². The highest BCUT2D eigenvalue weighted by atomic mass is 16.6. The molecule has 0 aromatic heterocycles. The van der Waals surface area contributed by atoms with E-state index in [-0.39, 0.29) is 29.2 Å². The van der Waals surface area contributed by atoms with Crippen LogP contribution in [0.1, 0.15) is 122 Å². The van der Waals surface area contributed by atoms with Crippen LogP contribution >= 0.6 is 0 Å². The van der Waals surface area contributed by atoms with Crippen LogP contribution in [0.2, 0.25) is 0 Å². The number of nitrogens with zero attached hydrogens (tertiary/aromatic N) is 2. The van der Waals surface area contributed by atoms with E-state index in [1.807, 2.05) is 4.90 Å². The number of hydrogen-bond acceptors (Lipinski definition) is 7. The molecule has 1 amide bonds. The lowest BCUT2D eigenvalue weighted by Crippen LogP contribution is -2.49. The number of carbonyl (C=O) groups excluding carboxylic acids is 2. The summed E-state index contributed by atoms with van der Waals surface area (Å²) >= 11 is 0. The lowest BCUT2D eigenvalue weighted by atomic mass is 9.93. The molecule has 38 heavy (non-hydrogen) atoms. The molecule has 9 heteroatoms. The summed E-state index contributed by atoms with van der Waals surface area (Å²) in [4.78, 5) is 37.7. The second kappa shape index (κ2) is 17.0. The maximum atomic E-state index is 13.4. The number of unbranched alkanes of at least 4 members (excludes halogenated alkanes) is 5. The zero-order valence-corrected chi connectivity index (χ0v) is 23.4. The first-order chi connectivity index (χ1) is 18.2. The number of nitro benzene ring substituents is 1. The maximum Gasteiger partial charge on any atom is 0.304 e. The summed E-state index contributed by atoms with van der Waals surface area (Å²) in [5.41, 5.74) is 0.107. The van der Waals surface area contributed by atoms with E-state index >= 15 is 0 Å². The summed E-state index contributed by atoms with van der Waals surface area (Å²) in [6.45, 7) is 5.49. The number of rotatable bonds is 17. The zero-order chi connectivity index (χ0) is 27.9. The largest absolute Gasteiger partial charge is 0.494 e. The molecular formula is C29H46N2O7. The first-order valence-electron chi connectivity index (χ1n) is 14.3. The minimum atomic E-state index is -0.961. The molecule has 1 fully saturated rings. The standard InChI is InChI=1S/C29H46N2O7/c1-4-5-9-17-29(38-23(3)33)30(24-14-10-8-11-15-24)28(34)16-12-6-7-13-20-37-25-18-19-27(31(35)36)26(21-25)22(2)32/h18-19,21-22,24,29,32H,4-17,20H2,1-3H3. The van der Waals surface area contributed by atoms with Crippen molar-refractivity contribution >= 4 is 17.6 Å². The molecule has 1 saturated carbocycles. The lowest BCUT2D eigenvalue weighted by molar-refractivity contribution is -0.386. The van der Waals surface area contributed by atoms with Crippen molar-refractivity contribution in [3.05, 3.63) is 33.9 Å². The van der Waals surface area contributed by atoms with Crippen LogP contribution in [-0.2, 0) is 14.3 Å². The van der Waals surface area contributed by atoms with E-state index < -0.39 is 17.3 Å². The van der Waals surface area contributed by atoms with Crippen LogP contribution in [0.5, 0.6) is 5.75 Å². The van der Waals surface area contributed by atoms with E-state index in [1.54, 1.807) is 6.07 Å². The van der Waals surface area contributed by atoms with Crippen LogP contribution in [0.15, 0.2) is 18.2 Å². The summed E-state index contributed by atoms with van der Waals surface area (Å²) in [5.74, 6) is 0.227. The van der Waals surface area contributed by atoms with Gasteiger partial charge in [0.15, 0.2) is 6.23 Å². The van der Waals surface area contributed by atoms with E-state index in [4.69, 9.17) is 9.47 Å². The average molecular weight is 535 g/mol. The molecule has 0 spiro atoms. The third kappa shape index (κ3) is 10.6. The fourth-order valence-electron chi connectivity index (χ4n) is 5.15. The van der Waals surface area contributed by atoms with E-state index in [0.29, 0.717) is 25.2 Å². The predicted molar refractivity (Wildman–Crippen MR) is 146 cm³/mol. The molecule has 2 unspecified atom stereocenters. The fraction of sp³-hybridized carbons (Fsp3) is 0.724. The smallest absolute Gasteiger partial charge is 0.304 e. The van der Waals surface area contributed by atoms with Crippen molar-refractivity contribution in [1.29, 1.82) is 0 Å². The van der Waals surface area contributed by atoms with Crippen molar-refractivity contribution in [2.45, 2.75) is 129 Å². The van der Waals surface area contributed by atoms with E-state index in [2.05, 4.69) is 6.92 Å². The Kier molecular flexibility index (Phi) is 14.1. The highest BCUT2D eigenvalue weighted by Gasteiger charge is 2.32. The summed E-state index contributed by atoms with van der Waals surface area (Å²) in [6.07, 6.45) is 11.4. The number of hydrogen-bond donors (Lipinski definition) is 1. The van der Waals surface area contributed by atoms with Crippen molar-refractivity contribution in [2.75, 3.05) is 6.61 Å². The summed E-state index contributed by atoms with van der Waals surface area (Å²) in [6, 6.07) is 4.56. The molecule has 0 bridgehead atoms. The highest BCUT2D eigenvalue weighted by Crippen LogP contribution is 2.30. The molecule has 0 radical (unpaired) electrons. The van der Waals surface area contributed by atoms with Gasteiger partial charge in [-0.15, -0.1) is 0 Å². The van der Waals surface area contributed by atoms with Gasteiger partial charge >= 0.3 is 5.97 Å². The van der Waals surface area contributed by atoms with Crippen LogP contribution < -0.4 is 4.74 Å². The summed E-state index contributed by atoms with van der Waals surface area (Å²) in [5, 5.41) is 21.0. The monoisotopic (exact) mass is 534 g/mol. The van der Waals surface area contributed by atoms with Gasteiger partial charge < -0.3 is 19.5 Å². The second-order valence-electron chi connectivity index (χ2n) is 10.3. The van der Waals surface area contributed by atoms with Gasteiger partial charge in [0.1, 0.15) is 5.75 Å². The van der Waals surface area contributed by atoms with Gasteiger partial charge in [-0.05, 0) is 51.2 Å². The highest BCUT2D eigenvalue weighted by molar-refractivity contribution is 5.77. The molecule has 1 aromatic carbocycles. The predicted octanol–water partition coefficient (Wildman–Crippen LogP) is 6.61. The summed E-state index contributed by atoms with van der Waals surface area (Å²) < 4.78 is 11.4. The van der Waals surface area contributed by atoms with Crippen LogP contribution in [-0.4, -0.2) is 45.7 Å². The van der Waals surface area contributed by atoms with Gasteiger partial charge in [-0.25, -0.2) is 0 Å². The lowest BCUT2D eigenvalue weighted by Gasteiger charge is -2.39. The molecule has 0 aliphatic heterocycles. The number of ether oxygens (including phenoxy) is 2. The molecule has 1 aliphatic carbocycles. The van der Waals surface area contributed by atoms with E-state index in [0.717, 1.165) is 70.6 Å². The maximum absolute atomic E-state index is 13.4. The number of amides is 1. The normalized spacial score (nSPS) is 15.5. The second-order valence-corrected chi connectivity index (χ2v) is 10.3. The third-order valence-electron chi connectivity index (χ3n) is 7.12. The zero-order valence-electron chi connectivity index (χ0n) is 23.4. The molecular weight excluding hydrogens is 488 g/mol. The van der Waals surface area contributed by atoms with Gasteiger partial charge in [0, 0.05) is 31.9 Å². The topological polar surface area (TPSA) is 119 Å². The van der Waals surface area contributed by atoms with Crippen molar-refractivity contribution < 1.29 is 29.1 Å². The van der Waals surface area contributed by atoms with Gasteiger partial charge in [0.05, 0.1) is 23.2 Å². The van der Waals surface area contributed by atoms with Gasteiger partial charge in [0.2, 0.25) is 5.91 Å². The first kappa shape index (κ1) is 31.5. The van der Waals surface area contributed by atoms with Gasteiger partial charge in [0.25, 0.3) is 5.69 Å². The fourth-order valence-corrected chi connectivity index (χ4v) is 5.15. The summed E-state index contributed by atoms with van der Waals surface area (Å²) in [7, 11) is 0. The first-order valence-corrected chi connectivity index (χ1v) is 14.3. The molecule has 1 aromatic rings. The molecule has 2 rings (SSSR count). The molecule has 1 N–H and O–H groups in total. The van der Waals surface area contributed by atoms with Crippen LogP contribution in [0.4, 0.5) is 5.69 Å². The van der Waals surface area contributed by atoms with Gasteiger partial charge in [-0.2, -0.15) is 0 Å². The Morgan fingerprint density at radius 2 is 1.82 bits per heavy atom. The number of nitro groups is 1. The Hall–Kier alpha value is -2.68. The quantitative estimate of drug-likeness (QED) is 0.0785. The Morgan fingerprint density at radius 3 is 2.45 bits per heavy atom. The molecule has 0 saturated heterocycles. The number of benzene rings is 1. The Balaban J connectivity index is 1.83. The molecule has 1 aliphatic rings. The van der Waals surface area contributed by atoms with Crippen LogP contribution in [0, 0.1) is 10.1 Å². The molecule has 214 valence electrons. The van der Waals surface area contributed by atoms with Gasteiger partial charge in [-0.3, -0.25) is 19.7 Å². The third-order valence-corrected chi connectivity index (χ3v) is 7.12. The molecule has 9 nitrogen and oxygen atoms in total. The number of carbonyl (C=O) groups is 2. The number of aliphatic hydroxyl groups excluding tert-OH is 1. The Labute approximate surface area is 227 Å². The SMILES string of the molecule is CCCCCC(OC(C)=O)N(C(=O)CCCCCCOc1ccc([N+](=O)[O-])c(C(C)O)c1)C1CCCCC1. The van der Waals surface area contributed by atoms with E-state index in [9.17, 15) is 24.8 Å².